The van der Waals surface area contributed by atoms with Crippen molar-refractivity contribution < 1.29 is 24.2 Å². The molecule has 5 heteroatoms. The minimum atomic E-state index is -1.70. The van der Waals surface area contributed by atoms with Crippen LogP contribution in [0, 0.1) is 34.5 Å². The summed E-state index contributed by atoms with van der Waals surface area (Å²) >= 11 is 0. The van der Waals surface area contributed by atoms with Gasteiger partial charge >= 0.3 is 0 Å². The van der Waals surface area contributed by atoms with Crippen molar-refractivity contribution in [3.05, 3.63) is 23.8 Å². The maximum atomic E-state index is 13.2. The molecule has 4 rings (SSSR count). The Balaban J connectivity index is 1.78. The van der Waals surface area contributed by atoms with Gasteiger partial charge in [0.2, 0.25) is 0 Å². The molecule has 0 bridgehead atoms. The summed E-state index contributed by atoms with van der Waals surface area (Å²) in [6.07, 6.45) is 6.55. The molecule has 0 aromatic rings. The van der Waals surface area contributed by atoms with Gasteiger partial charge in [0.1, 0.15) is 5.60 Å². The monoisotopic (exact) mass is 376 g/mol. The first-order valence-electron chi connectivity index (χ1n) is 10.0. The van der Waals surface area contributed by atoms with Crippen LogP contribution in [0.2, 0.25) is 0 Å². The van der Waals surface area contributed by atoms with E-state index in [1.165, 1.54) is 0 Å². The Hall–Kier alpha value is -1.33. The van der Waals surface area contributed by atoms with E-state index < -0.39 is 35.0 Å². The minimum Gasteiger partial charge on any atom is -0.393 e. The van der Waals surface area contributed by atoms with Crippen LogP contribution in [0.25, 0.3) is 0 Å². The predicted molar refractivity (Wildman–Crippen MR) is 98.5 cm³/mol. The number of hydrogen-bond donors (Lipinski definition) is 2. The van der Waals surface area contributed by atoms with Gasteiger partial charge < -0.3 is 10.2 Å². The largest absolute Gasteiger partial charge is 0.393 e. The van der Waals surface area contributed by atoms with Crippen LogP contribution in [0.3, 0.4) is 0 Å². The lowest BCUT2D eigenvalue weighted by Gasteiger charge is -2.60. The SMILES string of the molecule is C[C@H]1C[C@@H]2[C@H]([C@@H](O)C[C@@]3(C)[C@H]2CC[C@]3(O)C(=O)CF)[C@@]2(C)C=CC(=O)C=C12. The number of fused-ring (bicyclic) bond motifs is 5. The third-order valence-corrected chi connectivity index (χ3v) is 8.55. The van der Waals surface area contributed by atoms with Crippen LogP contribution in [0.15, 0.2) is 23.8 Å². The number of carbonyl (C=O) groups is 2. The van der Waals surface area contributed by atoms with Crippen molar-refractivity contribution in [3.8, 4) is 0 Å². The van der Waals surface area contributed by atoms with Crippen molar-refractivity contribution in [2.75, 3.05) is 6.67 Å². The van der Waals surface area contributed by atoms with Crippen molar-refractivity contribution in [2.24, 2.45) is 34.5 Å². The molecular weight excluding hydrogens is 347 g/mol. The maximum absolute atomic E-state index is 13.2. The zero-order valence-electron chi connectivity index (χ0n) is 16.2. The van der Waals surface area contributed by atoms with Gasteiger partial charge in [-0.3, -0.25) is 9.59 Å². The molecule has 0 saturated heterocycles. The molecule has 0 aliphatic heterocycles. The molecule has 0 spiro atoms. The van der Waals surface area contributed by atoms with E-state index in [1.54, 1.807) is 12.2 Å². The molecule has 0 amide bonds. The van der Waals surface area contributed by atoms with E-state index in [0.29, 0.717) is 6.42 Å². The van der Waals surface area contributed by atoms with E-state index in [4.69, 9.17) is 0 Å². The van der Waals surface area contributed by atoms with E-state index >= 15 is 0 Å². The zero-order valence-corrected chi connectivity index (χ0v) is 16.2. The fourth-order valence-corrected chi connectivity index (χ4v) is 7.32. The van der Waals surface area contributed by atoms with Gasteiger partial charge in [-0.2, -0.15) is 0 Å². The van der Waals surface area contributed by atoms with E-state index in [9.17, 15) is 24.2 Å². The van der Waals surface area contributed by atoms with Crippen molar-refractivity contribution in [1.29, 1.82) is 0 Å². The van der Waals surface area contributed by atoms with Crippen LogP contribution in [0.4, 0.5) is 4.39 Å². The van der Waals surface area contributed by atoms with Crippen LogP contribution < -0.4 is 0 Å². The van der Waals surface area contributed by atoms with Gasteiger partial charge in [0.25, 0.3) is 0 Å². The Morgan fingerprint density at radius 1 is 1.37 bits per heavy atom. The summed E-state index contributed by atoms with van der Waals surface area (Å²) in [7, 11) is 0. The first-order chi connectivity index (χ1) is 12.6. The number of halogens is 1. The third-order valence-electron chi connectivity index (χ3n) is 8.55. The molecule has 0 aromatic heterocycles. The highest BCUT2D eigenvalue weighted by atomic mass is 19.1. The molecule has 8 atom stereocenters. The molecule has 0 heterocycles. The highest BCUT2D eigenvalue weighted by Crippen LogP contribution is 2.67. The highest BCUT2D eigenvalue weighted by molar-refractivity contribution is 6.01. The maximum Gasteiger partial charge on any atom is 0.195 e. The van der Waals surface area contributed by atoms with Crippen molar-refractivity contribution in [3.63, 3.8) is 0 Å². The number of Topliss-reactive ketones (excluding diaryl/α,β-unsaturated/α-hetero) is 1. The number of ketones is 2. The van der Waals surface area contributed by atoms with E-state index in [2.05, 4.69) is 13.8 Å². The Kier molecular flexibility index (Phi) is 4.11. The molecule has 0 unspecified atom stereocenters. The summed E-state index contributed by atoms with van der Waals surface area (Å²) in [5, 5.41) is 22.3. The Labute approximate surface area is 159 Å². The molecule has 4 aliphatic rings. The normalized spacial score (nSPS) is 51.3. The second-order valence-electron chi connectivity index (χ2n) is 9.70. The Bertz CT molecular complexity index is 757. The predicted octanol–water partition coefficient (Wildman–Crippen LogP) is 2.78. The molecule has 148 valence electrons. The second kappa shape index (κ2) is 5.84. The second-order valence-corrected chi connectivity index (χ2v) is 9.70. The summed E-state index contributed by atoms with van der Waals surface area (Å²) < 4.78 is 13.2. The zero-order chi connectivity index (χ0) is 19.8. The van der Waals surface area contributed by atoms with Gasteiger partial charge in [-0.1, -0.05) is 32.4 Å². The standard InChI is InChI=1S/C22H29FO4/c1-12-8-14-15-5-7-22(27,18(26)11-23)21(15,3)10-17(25)19(14)20(2)6-4-13(24)9-16(12)20/h4,6,9,12,14-15,17,19,25,27H,5,7-8,10-11H2,1-3H3/t12-,14-,15-,17-,19+,20-,21-,22-/m0/s1. The van der Waals surface area contributed by atoms with Crippen LogP contribution in [0.1, 0.15) is 46.5 Å². The number of hydrogen-bond acceptors (Lipinski definition) is 4. The molecule has 0 radical (unpaired) electrons. The van der Waals surface area contributed by atoms with E-state index in [0.717, 1.165) is 12.0 Å². The lowest BCUT2D eigenvalue weighted by molar-refractivity contribution is -0.179. The van der Waals surface area contributed by atoms with Crippen LogP contribution >= 0.6 is 0 Å². The molecule has 2 N–H and O–H groups in total. The van der Waals surface area contributed by atoms with Crippen molar-refractivity contribution in [2.45, 2.75) is 58.2 Å². The van der Waals surface area contributed by atoms with Gasteiger partial charge in [-0.15, -0.1) is 0 Å². The molecule has 4 nitrogen and oxygen atoms in total. The number of alkyl halides is 1. The lowest BCUT2D eigenvalue weighted by atomic mass is 9.45. The first kappa shape index (κ1) is 19.0. The first-order valence-corrected chi connectivity index (χ1v) is 10.0. The fraction of sp³-hybridized carbons (Fsp3) is 0.727. The third kappa shape index (κ3) is 2.27. The number of allylic oxidation sites excluding steroid dienone is 4. The number of aliphatic hydroxyl groups excluding tert-OH is 1. The molecule has 27 heavy (non-hydrogen) atoms. The highest BCUT2D eigenvalue weighted by Gasteiger charge is 2.68. The van der Waals surface area contributed by atoms with Gasteiger partial charge in [-0.05, 0) is 55.6 Å². The minimum absolute atomic E-state index is 0.00769. The van der Waals surface area contributed by atoms with E-state index in [1.807, 2.05) is 13.0 Å². The Morgan fingerprint density at radius 3 is 2.74 bits per heavy atom. The molecule has 3 saturated carbocycles. The molecule has 4 aliphatic carbocycles. The smallest absolute Gasteiger partial charge is 0.195 e. The van der Waals surface area contributed by atoms with Crippen molar-refractivity contribution >= 4 is 11.6 Å². The van der Waals surface area contributed by atoms with Crippen LogP contribution in [-0.4, -0.2) is 40.2 Å². The van der Waals surface area contributed by atoms with E-state index in [-0.39, 0.29) is 42.3 Å². The topological polar surface area (TPSA) is 74.6 Å². The van der Waals surface area contributed by atoms with Gasteiger partial charge in [-0.25, -0.2) is 4.39 Å². The summed E-state index contributed by atoms with van der Waals surface area (Å²) in [4.78, 5) is 24.2. The number of carbonyl (C=O) groups excluding carboxylic acids is 2. The van der Waals surface area contributed by atoms with Gasteiger partial charge in [0, 0.05) is 16.7 Å². The molecule has 3 fully saturated rings. The summed E-state index contributed by atoms with van der Waals surface area (Å²) in [5.41, 5.74) is -1.84. The van der Waals surface area contributed by atoms with Crippen LogP contribution in [-0.2, 0) is 9.59 Å². The summed E-state index contributed by atoms with van der Waals surface area (Å²) in [6, 6.07) is 0. The fourth-order valence-electron chi connectivity index (χ4n) is 7.32. The average Bonchev–Trinajstić information content (AvgIpc) is 2.87. The van der Waals surface area contributed by atoms with Gasteiger partial charge in [0.05, 0.1) is 6.10 Å². The summed E-state index contributed by atoms with van der Waals surface area (Å²) in [6.45, 7) is 4.89. The number of aliphatic hydroxyl groups is 2. The molecule has 0 aromatic carbocycles. The quantitative estimate of drug-likeness (QED) is 0.777. The van der Waals surface area contributed by atoms with Crippen LogP contribution in [0.5, 0.6) is 0 Å². The molecular formula is C22H29FO4. The summed E-state index contributed by atoms with van der Waals surface area (Å²) in [5.74, 6) is -0.465. The average molecular weight is 376 g/mol. The van der Waals surface area contributed by atoms with Gasteiger partial charge in [0.15, 0.2) is 18.2 Å². The number of rotatable bonds is 2. The van der Waals surface area contributed by atoms with Crippen molar-refractivity contribution in [1.82, 2.24) is 0 Å². The Morgan fingerprint density at radius 2 is 2.07 bits per heavy atom. The lowest BCUT2D eigenvalue weighted by Crippen LogP contribution is -2.62.